The highest BCUT2D eigenvalue weighted by Crippen LogP contribution is 2.11. The first-order valence-corrected chi connectivity index (χ1v) is 8.39. The van der Waals surface area contributed by atoms with Gasteiger partial charge in [0.05, 0.1) is 12.7 Å². The van der Waals surface area contributed by atoms with E-state index in [9.17, 15) is 4.21 Å². The summed E-state index contributed by atoms with van der Waals surface area (Å²) in [6.07, 6.45) is 0.272. The maximum absolute atomic E-state index is 11.3. The second-order valence-corrected chi connectivity index (χ2v) is 7.00. The van der Waals surface area contributed by atoms with Crippen LogP contribution < -0.4 is 0 Å². The fourth-order valence-electron chi connectivity index (χ4n) is 2.10. The largest absolute Gasteiger partial charge is 0.374 e. The maximum atomic E-state index is 11.3. The van der Waals surface area contributed by atoms with Crippen LogP contribution in [0.3, 0.4) is 0 Å². The minimum atomic E-state index is -0.588. The quantitative estimate of drug-likeness (QED) is 0.828. The lowest BCUT2D eigenvalue weighted by Crippen LogP contribution is -2.37. The standard InChI is InChI=1S/C15H23NO2S/c1-13(2)18-12-15-5-3-14(4-6-15)11-16-7-9-19(17)10-8-16/h3-6,13H,7-12H2,1-2H3. The second-order valence-electron chi connectivity index (χ2n) is 5.30. The van der Waals surface area contributed by atoms with Gasteiger partial charge in [0.15, 0.2) is 0 Å². The van der Waals surface area contributed by atoms with Crippen molar-refractivity contribution < 1.29 is 8.95 Å². The third-order valence-corrected chi connectivity index (χ3v) is 4.56. The Morgan fingerprint density at radius 2 is 1.74 bits per heavy atom. The summed E-state index contributed by atoms with van der Waals surface area (Å²) >= 11 is 0. The van der Waals surface area contributed by atoms with Gasteiger partial charge in [0, 0.05) is 41.9 Å². The number of hydrogen-bond donors (Lipinski definition) is 0. The fourth-order valence-corrected chi connectivity index (χ4v) is 3.22. The zero-order valence-electron chi connectivity index (χ0n) is 11.8. The van der Waals surface area contributed by atoms with Crippen molar-refractivity contribution in [2.24, 2.45) is 0 Å². The zero-order valence-corrected chi connectivity index (χ0v) is 12.6. The van der Waals surface area contributed by atoms with E-state index in [1.165, 1.54) is 11.1 Å². The molecule has 1 fully saturated rings. The van der Waals surface area contributed by atoms with Gasteiger partial charge in [-0.05, 0) is 25.0 Å². The van der Waals surface area contributed by atoms with Gasteiger partial charge in [-0.3, -0.25) is 9.11 Å². The molecule has 1 heterocycles. The molecule has 106 valence electrons. The molecule has 1 saturated heterocycles. The Balaban J connectivity index is 1.83. The summed E-state index contributed by atoms with van der Waals surface area (Å²) < 4.78 is 16.9. The van der Waals surface area contributed by atoms with Gasteiger partial charge in [-0.15, -0.1) is 0 Å². The van der Waals surface area contributed by atoms with Crippen LogP contribution in [0.2, 0.25) is 0 Å². The summed E-state index contributed by atoms with van der Waals surface area (Å²) in [6.45, 7) is 7.64. The van der Waals surface area contributed by atoms with Gasteiger partial charge < -0.3 is 4.74 Å². The Morgan fingerprint density at radius 3 is 2.32 bits per heavy atom. The van der Waals surface area contributed by atoms with Crippen molar-refractivity contribution in [1.82, 2.24) is 4.90 Å². The molecule has 0 atom stereocenters. The van der Waals surface area contributed by atoms with Gasteiger partial charge in [-0.25, -0.2) is 0 Å². The van der Waals surface area contributed by atoms with Gasteiger partial charge in [0.2, 0.25) is 0 Å². The lowest BCUT2D eigenvalue weighted by atomic mass is 10.1. The van der Waals surface area contributed by atoms with Crippen molar-refractivity contribution in [1.29, 1.82) is 0 Å². The second kappa shape index (κ2) is 7.17. The molecule has 0 bridgehead atoms. The predicted molar refractivity (Wildman–Crippen MR) is 79.5 cm³/mol. The summed E-state index contributed by atoms with van der Waals surface area (Å²) in [5, 5.41) is 0. The molecule has 0 radical (unpaired) electrons. The lowest BCUT2D eigenvalue weighted by molar-refractivity contribution is 0.0657. The van der Waals surface area contributed by atoms with Gasteiger partial charge >= 0.3 is 0 Å². The molecule has 19 heavy (non-hydrogen) atoms. The Morgan fingerprint density at radius 1 is 1.16 bits per heavy atom. The fraction of sp³-hybridized carbons (Fsp3) is 0.600. The van der Waals surface area contributed by atoms with Crippen molar-refractivity contribution in [2.75, 3.05) is 24.6 Å². The van der Waals surface area contributed by atoms with Gasteiger partial charge in [0.25, 0.3) is 0 Å². The molecule has 0 aliphatic carbocycles. The van der Waals surface area contributed by atoms with Gasteiger partial charge in [0.1, 0.15) is 0 Å². The van der Waals surface area contributed by atoms with Crippen LogP contribution in [0.1, 0.15) is 25.0 Å². The summed E-state index contributed by atoms with van der Waals surface area (Å²) in [7, 11) is -0.588. The molecule has 1 aromatic carbocycles. The Bertz CT molecular complexity index is 407. The lowest BCUT2D eigenvalue weighted by Gasteiger charge is -2.26. The highest BCUT2D eigenvalue weighted by molar-refractivity contribution is 7.85. The van der Waals surface area contributed by atoms with E-state index in [1.807, 2.05) is 0 Å². The van der Waals surface area contributed by atoms with Crippen molar-refractivity contribution >= 4 is 10.8 Å². The molecule has 2 rings (SSSR count). The third-order valence-electron chi connectivity index (χ3n) is 3.28. The summed E-state index contributed by atoms with van der Waals surface area (Å²) in [6, 6.07) is 8.62. The van der Waals surface area contributed by atoms with Gasteiger partial charge in [-0.2, -0.15) is 0 Å². The Hall–Kier alpha value is -0.710. The van der Waals surface area contributed by atoms with Crippen molar-refractivity contribution in [2.45, 2.75) is 33.1 Å². The van der Waals surface area contributed by atoms with Gasteiger partial charge in [-0.1, -0.05) is 24.3 Å². The van der Waals surface area contributed by atoms with E-state index in [2.05, 4.69) is 43.0 Å². The minimum absolute atomic E-state index is 0.272. The average Bonchev–Trinajstić information content (AvgIpc) is 2.40. The van der Waals surface area contributed by atoms with E-state index < -0.39 is 10.8 Å². The number of rotatable bonds is 5. The van der Waals surface area contributed by atoms with Crippen LogP contribution >= 0.6 is 0 Å². The molecule has 0 unspecified atom stereocenters. The van der Waals surface area contributed by atoms with Crippen LogP contribution in [0.15, 0.2) is 24.3 Å². The normalized spacial score (nSPS) is 18.1. The van der Waals surface area contributed by atoms with E-state index in [4.69, 9.17) is 4.74 Å². The van der Waals surface area contributed by atoms with Crippen molar-refractivity contribution in [3.63, 3.8) is 0 Å². The monoisotopic (exact) mass is 281 g/mol. The molecule has 1 aromatic rings. The average molecular weight is 281 g/mol. The molecular formula is C15H23NO2S. The van der Waals surface area contributed by atoms with E-state index in [-0.39, 0.29) is 6.10 Å². The van der Waals surface area contributed by atoms with Crippen LogP contribution in [0, 0.1) is 0 Å². The van der Waals surface area contributed by atoms with Crippen molar-refractivity contribution in [3.05, 3.63) is 35.4 Å². The number of hydrogen-bond acceptors (Lipinski definition) is 3. The highest BCUT2D eigenvalue weighted by atomic mass is 32.2. The van der Waals surface area contributed by atoms with Crippen LogP contribution in [0.25, 0.3) is 0 Å². The first kappa shape index (κ1) is 14.7. The van der Waals surface area contributed by atoms with E-state index in [0.29, 0.717) is 6.61 Å². The summed E-state index contributed by atoms with van der Waals surface area (Å²) in [5.41, 5.74) is 2.54. The molecule has 3 nitrogen and oxygen atoms in total. The van der Waals surface area contributed by atoms with Crippen LogP contribution in [0.5, 0.6) is 0 Å². The molecule has 0 aromatic heterocycles. The molecule has 0 amide bonds. The Kier molecular flexibility index (Phi) is 5.55. The number of nitrogens with zero attached hydrogens (tertiary/aromatic N) is 1. The molecule has 1 aliphatic rings. The molecule has 0 spiro atoms. The maximum Gasteiger partial charge on any atom is 0.0720 e. The molecule has 4 heteroatoms. The molecule has 0 N–H and O–H groups in total. The van der Waals surface area contributed by atoms with E-state index >= 15 is 0 Å². The summed E-state index contributed by atoms with van der Waals surface area (Å²) in [5.74, 6) is 1.64. The Labute approximate surface area is 118 Å². The van der Waals surface area contributed by atoms with Crippen LogP contribution in [-0.2, 0) is 28.7 Å². The zero-order chi connectivity index (χ0) is 13.7. The minimum Gasteiger partial charge on any atom is -0.374 e. The van der Waals surface area contributed by atoms with Crippen LogP contribution in [-0.4, -0.2) is 39.8 Å². The highest BCUT2D eigenvalue weighted by Gasteiger charge is 2.14. The number of benzene rings is 1. The SMILES string of the molecule is CC(C)OCc1ccc(CN2CCS(=O)CC2)cc1. The van der Waals surface area contributed by atoms with E-state index in [1.54, 1.807) is 0 Å². The van der Waals surface area contributed by atoms with Crippen molar-refractivity contribution in [3.8, 4) is 0 Å². The molecule has 0 saturated carbocycles. The number of ether oxygens (including phenoxy) is 1. The first-order chi connectivity index (χ1) is 9.13. The van der Waals surface area contributed by atoms with E-state index in [0.717, 1.165) is 31.1 Å². The first-order valence-electron chi connectivity index (χ1n) is 6.90. The predicted octanol–water partition coefficient (Wildman–Crippen LogP) is 2.18. The topological polar surface area (TPSA) is 29.5 Å². The smallest absolute Gasteiger partial charge is 0.0720 e. The summed E-state index contributed by atoms with van der Waals surface area (Å²) in [4.78, 5) is 2.38. The van der Waals surface area contributed by atoms with Crippen LogP contribution in [0.4, 0.5) is 0 Å². The molecule has 1 aliphatic heterocycles. The third kappa shape index (κ3) is 5.05. The molecular weight excluding hydrogens is 258 g/mol.